The quantitative estimate of drug-likeness (QED) is 0.0691. The first kappa shape index (κ1) is 37.1. The minimum Gasteiger partial charge on any atom is -0.303 e. The van der Waals surface area contributed by atoms with Crippen LogP contribution in [0.4, 0.5) is 0 Å². The van der Waals surface area contributed by atoms with Gasteiger partial charge in [0.15, 0.2) is 0 Å². The third kappa shape index (κ3) is 28.9. The van der Waals surface area contributed by atoms with E-state index in [0.29, 0.717) is 13.2 Å². The number of phosphoric acid groups is 1. The van der Waals surface area contributed by atoms with Gasteiger partial charge in [0, 0.05) is 0 Å². The average Bonchev–Trinajstić information content (AvgIpc) is 2.88. The first-order chi connectivity index (χ1) is 18.1. The summed E-state index contributed by atoms with van der Waals surface area (Å²) in [6.07, 6.45) is 28.9. The fourth-order valence-electron chi connectivity index (χ4n) is 4.81. The van der Waals surface area contributed by atoms with Crippen LogP contribution in [0.3, 0.4) is 0 Å². The van der Waals surface area contributed by atoms with Gasteiger partial charge in [0.1, 0.15) is 0 Å². The Labute approximate surface area is 232 Å². The molecule has 6 heteroatoms. The van der Waals surface area contributed by atoms with Crippen molar-refractivity contribution in [2.24, 2.45) is 0 Å². The molecule has 0 aromatic heterocycles. The largest absolute Gasteiger partial charge is 0.472 e. The van der Waals surface area contributed by atoms with E-state index in [1.807, 2.05) is 0 Å². The maximum absolute atomic E-state index is 12.0. The zero-order valence-electron chi connectivity index (χ0n) is 25.4. The van der Waals surface area contributed by atoms with Gasteiger partial charge in [-0.15, -0.1) is 0 Å². The van der Waals surface area contributed by atoms with Crippen LogP contribution >= 0.6 is 7.82 Å². The summed E-state index contributed by atoms with van der Waals surface area (Å²) in [5.41, 5.74) is 0. The molecule has 0 saturated heterocycles. The minimum absolute atomic E-state index is 0.309. The van der Waals surface area contributed by atoms with Crippen LogP contribution in [-0.4, -0.2) is 42.6 Å². The van der Waals surface area contributed by atoms with E-state index in [1.165, 1.54) is 129 Å². The van der Waals surface area contributed by atoms with E-state index < -0.39 is 7.82 Å². The summed E-state index contributed by atoms with van der Waals surface area (Å²) in [5, 5.41) is 0. The van der Waals surface area contributed by atoms with E-state index in [0.717, 1.165) is 38.5 Å². The van der Waals surface area contributed by atoms with Crippen LogP contribution in [0.25, 0.3) is 0 Å². The second kappa shape index (κ2) is 29.1. The van der Waals surface area contributed by atoms with Gasteiger partial charge in [0.2, 0.25) is 0 Å². The lowest BCUT2D eigenvalue weighted by molar-refractivity contribution is 0.145. The zero-order valence-corrected chi connectivity index (χ0v) is 26.3. The fourth-order valence-corrected chi connectivity index (χ4v) is 5.61. The van der Waals surface area contributed by atoms with Crippen LogP contribution in [-0.2, 0) is 13.6 Å². The molecule has 0 rings (SSSR count). The van der Waals surface area contributed by atoms with Crippen molar-refractivity contribution in [1.29, 1.82) is 0 Å². The van der Waals surface area contributed by atoms with Crippen LogP contribution < -0.4 is 0 Å². The monoisotopic (exact) mass is 547 g/mol. The highest BCUT2D eigenvalue weighted by atomic mass is 31.2. The second-order valence-electron chi connectivity index (χ2n) is 11.0. The summed E-state index contributed by atoms with van der Waals surface area (Å²) < 4.78 is 22.2. The molecule has 224 valence electrons. The Morgan fingerprint density at radius 2 is 0.730 bits per heavy atom. The topological polar surface area (TPSA) is 59.0 Å². The Kier molecular flexibility index (Phi) is 29.1. The molecular formula is C31H66NO4P. The van der Waals surface area contributed by atoms with Crippen molar-refractivity contribution in [2.75, 3.05) is 32.8 Å². The molecule has 1 N–H and O–H groups in total. The molecule has 0 radical (unpaired) electrons. The van der Waals surface area contributed by atoms with E-state index in [9.17, 15) is 9.46 Å². The van der Waals surface area contributed by atoms with Crippen LogP contribution in [0.15, 0.2) is 0 Å². The number of hydrogen-bond donors (Lipinski definition) is 1. The van der Waals surface area contributed by atoms with E-state index in [2.05, 4.69) is 25.7 Å². The molecule has 0 spiro atoms. The molecular weight excluding hydrogens is 481 g/mol. The molecule has 0 fully saturated rings. The molecule has 0 aromatic carbocycles. The SMILES string of the molecule is CCCCCCCCCN(CCCCCCCCC)CCCCCCOP(=O)(O)OCCCCCCC. The normalized spacial score (nSPS) is 13.4. The maximum Gasteiger partial charge on any atom is 0.472 e. The highest BCUT2D eigenvalue weighted by Gasteiger charge is 2.19. The third-order valence-corrected chi connectivity index (χ3v) is 8.30. The lowest BCUT2D eigenvalue weighted by Crippen LogP contribution is -2.27. The number of rotatable bonds is 31. The van der Waals surface area contributed by atoms with E-state index >= 15 is 0 Å². The van der Waals surface area contributed by atoms with E-state index in [4.69, 9.17) is 9.05 Å². The lowest BCUT2D eigenvalue weighted by Gasteiger charge is -2.22. The molecule has 0 saturated carbocycles. The van der Waals surface area contributed by atoms with Crippen molar-refractivity contribution in [1.82, 2.24) is 4.90 Å². The summed E-state index contributed by atoms with van der Waals surface area (Å²) in [5.74, 6) is 0. The van der Waals surface area contributed by atoms with Crippen LogP contribution in [0, 0.1) is 0 Å². The highest BCUT2D eigenvalue weighted by Crippen LogP contribution is 2.43. The predicted molar refractivity (Wildman–Crippen MR) is 161 cm³/mol. The van der Waals surface area contributed by atoms with Crippen molar-refractivity contribution in [2.45, 2.75) is 168 Å². The van der Waals surface area contributed by atoms with Crippen molar-refractivity contribution in [3.8, 4) is 0 Å². The van der Waals surface area contributed by atoms with Crippen molar-refractivity contribution in [3.05, 3.63) is 0 Å². The van der Waals surface area contributed by atoms with Gasteiger partial charge in [-0.3, -0.25) is 9.05 Å². The van der Waals surface area contributed by atoms with Crippen molar-refractivity contribution >= 4 is 7.82 Å². The van der Waals surface area contributed by atoms with Crippen LogP contribution in [0.1, 0.15) is 168 Å². The van der Waals surface area contributed by atoms with Gasteiger partial charge < -0.3 is 9.79 Å². The number of unbranched alkanes of at least 4 members (excludes halogenated alkanes) is 19. The predicted octanol–water partition coefficient (Wildman–Crippen LogP) is 10.5. The molecule has 37 heavy (non-hydrogen) atoms. The second-order valence-corrected chi connectivity index (χ2v) is 12.5. The molecule has 0 aliphatic carbocycles. The molecule has 1 unspecified atom stereocenters. The molecule has 1 atom stereocenters. The van der Waals surface area contributed by atoms with Crippen molar-refractivity contribution < 1.29 is 18.5 Å². The molecule has 0 aliphatic heterocycles. The minimum atomic E-state index is -3.88. The first-order valence-electron chi connectivity index (χ1n) is 16.4. The summed E-state index contributed by atoms with van der Waals surface area (Å²) in [7, 11) is -3.88. The molecule has 0 bridgehead atoms. The number of nitrogens with zero attached hydrogens (tertiary/aromatic N) is 1. The smallest absolute Gasteiger partial charge is 0.303 e. The fraction of sp³-hybridized carbons (Fsp3) is 1.00. The molecule has 0 heterocycles. The van der Waals surface area contributed by atoms with Gasteiger partial charge in [0.05, 0.1) is 13.2 Å². The third-order valence-electron chi connectivity index (χ3n) is 7.28. The Morgan fingerprint density at radius 3 is 1.05 bits per heavy atom. The van der Waals surface area contributed by atoms with Crippen molar-refractivity contribution in [3.63, 3.8) is 0 Å². The molecule has 0 aliphatic rings. The van der Waals surface area contributed by atoms with E-state index in [-0.39, 0.29) is 0 Å². The first-order valence-corrected chi connectivity index (χ1v) is 17.9. The van der Waals surface area contributed by atoms with Gasteiger partial charge in [0.25, 0.3) is 0 Å². The van der Waals surface area contributed by atoms with Crippen LogP contribution in [0.2, 0.25) is 0 Å². The standard InChI is InChI=1S/C31H66NO4P/c1-4-7-10-13-15-17-22-27-32(28-23-18-16-14-11-8-5-2)29-24-19-21-26-31-36-37(33,34)35-30-25-20-12-9-6-3/h4-31H2,1-3H3,(H,33,34). The van der Waals surface area contributed by atoms with Crippen LogP contribution in [0.5, 0.6) is 0 Å². The van der Waals surface area contributed by atoms with E-state index in [1.54, 1.807) is 0 Å². The van der Waals surface area contributed by atoms with Gasteiger partial charge in [-0.05, 0) is 51.7 Å². The average molecular weight is 548 g/mol. The Hall–Kier alpha value is 0.0700. The summed E-state index contributed by atoms with van der Waals surface area (Å²) in [4.78, 5) is 12.5. The molecule has 0 aromatic rings. The number of phosphoric ester groups is 1. The summed E-state index contributed by atoms with van der Waals surface area (Å²) in [6, 6.07) is 0. The van der Waals surface area contributed by atoms with Gasteiger partial charge in [-0.25, -0.2) is 4.57 Å². The zero-order chi connectivity index (χ0) is 27.3. The Bertz CT molecular complexity index is 474. The summed E-state index contributed by atoms with van der Waals surface area (Å²) in [6.45, 7) is 11.0. The van der Waals surface area contributed by atoms with Gasteiger partial charge >= 0.3 is 7.82 Å². The lowest BCUT2D eigenvalue weighted by atomic mass is 10.1. The summed E-state index contributed by atoms with van der Waals surface area (Å²) >= 11 is 0. The number of hydrogen-bond acceptors (Lipinski definition) is 4. The molecule has 5 nitrogen and oxygen atoms in total. The highest BCUT2D eigenvalue weighted by molar-refractivity contribution is 7.47. The molecule has 0 amide bonds. The van der Waals surface area contributed by atoms with Gasteiger partial charge in [-0.1, -0.05) is 136 Å². The Balaban J connectivity index is 3.96. The van der Waals surface area contributed by atoms with Gasteiger partial charge in [-0.2, -0.15) is 0 Å². The maximum atomic E-state index is 12.0. The Morgan fingerprint density at radius 1 is 0.459 bits per heavy atom.